The van der Waals surface area contributed by atoms with Crippen LogP contribution in [0.2, 0.25) is 0 Å². The molecule has 0 bridgehead atoms. The third-order valence-electron chi connectivity index (χ3n) is 13.5. The van der Waals surface area contributed by atoms with Crippen LogP contribution in [0, 0.1) is 22.2 Å². The predicted octanol–water partition coefficient (Wildman–Crippen LogP) is 13.5. The summed E-state index contributed by atoms with van der Waals surface area (Å²) < 4.78 is 331. The zero-order chi connectivity index (χ0) is 66.3. The Hall–Kier alpha value is -3.51. The monoisotopic (exact) mass is 1280 g/mol. The van der Waals surface area contributed by atoms with E-state index in [0.29, 0.717) is 0 Å². The zero-order valence-electron chi connectivity index (χ0n) is 45.9. The van der Waals surface area contributed by atoms with Crippen LogP contribution in [0.5, 0.6) is 0 Å². The number of aliphatic hydroxyl groups is 3. The molecule has 12 nitrogen and oxygen atoms in total. The Morgan fingerprint density at radius 3 is 1.06 bits per heavy atom. The van der Waals surface area contributed by atoms with E-state index in [2.05, 4.69) is 9.47 Å². The van der Waals surface area contributed by atoms with Crippen LogP contribution in [0.3, 0.4) is 0 Å². The number of hydrogen-bond acceptors (Lipinski definition) is 12. The van der Waals surface area contributed by atoms with Gasteiger partial charge in [-0.25, -0.2) is 0 Å². The Bertz CT molecular complexity index is 1900. The summed E-state index contributed by atoms with van der Waals surface area (Å²) >= 11 is 0. The number of esters is 3. The second-order valence-corrected chi connectivity index (χ2v) is 20.5. The number of hydrogen-bond donors (Lipinski definition) is 3. The van der Waals surface area contributed by atoms with E-state index in [1.807, 2.05) is 0 Å². The van der Waals surface area contributed by atoms with Crippen molar-refractivity contribution in [3.63, 3.8) is 0 Å². The van der Waals surface area contributed by atoms with Crippen molar-refractivity contribution < 1.29 is 163 Å². The highest BCUT2D eigenvalue weighted by Crippen LogP contribution is 2.49. The minimum Gasteiger partial charge on any atom is -0.466 e. The first-order valence-electron chi connectivity index (χ1n) is 24.9. The number of ether oxygens (including phenoxy) is 6. The number of halogens is 24. The van der Waals surface area contributed by atoms with E-state index >= 15 is 0 Å². The third kappa shape index (κ3) is 23.3. The van der Waals surface area contributed by atoms with Crippen LogP contribution in [0.4, 0.5) is 105 Å². The van der Waals surface area contributed by atoms with Gasteiger partial charge in [-0.2, -0.15) is 105 Å². The molecule has 0 amide bonds. The molecule has 1 fully saturated rings. The smallest absolute Gasteiger partial charge is 0.434 e. The van der Waals surface area contributed by atoms with Gasteiger partial charge in [-0.1, -0.05) is 40.0 Å². The SMILES string of the molecule is CCC(C)(COC(C)CC(O)(C(F)(F)F)C(F)(F)F)C(=O)OCC1CCCCC1.CCC(C)(COCCC(O)(C(F)(F)F)C(F)(F)F)C(=O)OC(C(F)(F)F)C(F)(F)F.CCOC(=O)C(C)(CC)COC(C)CC(O)(C(F)(F)F)C(F)(F)F. The first-order chi connectivity index (χ1) is 36.8. The van der Waals surface area contributed by atoms with Crippen LogP contribution in [0.15, 0.2) is 0 Å². The van der Waals surface area contributed by atoms with Crippen molar-refractivity contribution in [1.82, 2.24) is 0 Å². The number of rotatable bonds is 25. The summed E-state index contributed by atoms with van der Waals surface area (Å²) in [6.45, 7) is 8.29. The fraction of sp³-hybridized carbons (Fsp3) is 0.936. The molecule has 0 spiro atoms. The van der Waals surface area contributed by atoms with E-state index in [0.717, 1.165) is 59.8 Å². The largest absolute Gasteiger partial charge is 0.466 e. The van der Waals surface area contributed by atoms with Crippen LogP contribution < -0.4 is 0 Å². The van der Waals surface area contributed by atoms with Crippen molar-refractivity contribution in [2.75, 3.05) is 39.6 Å². The van der Waals surface area contributed by atoms with Gasteiger partial charge in [0, 0.05) is 19.3 Å². The van der Waals surface area contributed by atoms with Gasteiger partial charge in [-0.3, -0.25) is 14.4 Å². The van der Waals surface area contributed by atoms with Gasteiger partial charge in [-0.15, -0.1) is 0 Å². The summed E-state index contributed by atoms with van der Waals surface area (Å²) in [7, 11) is 0. The molecule has 83 heavy (non-hydrogen) atoms. The third-order valence-corrected chi connectivity index (χ3v) is 13.5. The van der Waals surface area contributed by atoms with E-state index in [-0.39, 0.29) is 32.0 Å². The first-order valence-corrected chi connectivity index (χ1v) is 24.9. The lowest BCUT2D eigenvalue weighted by molar-refractivity contribution is -0.374. The van der Waals surface area contributed by atoms with E-state index in [4.69, 9.17) is 29.2 Å². The topological polar surface area (TPSA) is 167 Å². The van der Waals surface area contributed by atoms with Gasteiger partial charge in [0.1, 0.15) is 0 Å². The molecule has 5 atom stereocenters. The highest BCUT2D eigenvalue weighted by atomic mass is 19.4. The van der Waals surface area contributed by atoms with E-state index < -0.39 is 171 Å². The standard InChI is InChI=1S/C19H30F6O4.C14H16F12O4.C14H22F6O4/c1-4-16(3,15(26)28-11-14-8-6-5-7-9-14)12-29-13(2)10-17(27,18(20,21)22)19(23,24)25;1-3-9(2,8(27)30-7(11(15,16)17)12(18,19)20)6-29-5-4-10(28,13(21,22)23)14(24,25)26;1-5-11(4,10(21)23-6-2)8-24-9(3)7-12(22,13(15,16)17)14(18,19)20/h13-14,27H,4-12H2,1-3H3;7,28H,3-6H2,1-2H3;9,22H,5-8H2,1-4H3. The Morgan fingerprint density at radius 2 is 0.771 bits per heavy atom. The molecule has 0 aliphatic heterocycles. The first kappa shape index (κ1) is 81.6. The summed E-state index contributed by atoms with van der Waals surface area (Å²) in [5.74, 6) is -3.09. The summed E-state index contributed by atoms with van der Waals surface area (Å²) in [5, 5.41) is 27.3. The summed E-state index contributed by atoms with van der Waals surface area (Å²) in [6.07, 6.45) is -56.2. The Labute approximate surface area is 460 Å². The summed E-state index contributed by atoms with van der Waals surface area (Å²) in [5.41, 5.74) is -19.6. The maximum absolute atomic E-state index is 12.8. The van der Waals surface area contributed by atoms with Crippen molar-refractivity contribution in [3.05, 3.63) is 0 Å². The number of carbonyl (C=O) groups excluding carboxylic acids is 3. The molecule has 1 aliphatic rings. The zero-order valence-corrected chi connectivity index (χ0v) is 45.9. The van der Waals surface area contributed by atoms with Crippen molar-refractivity contribution in [2.24, 2.45) is 22.2 Å². The predicted molar refractivity (Wildman–Crippen MR) is 238 cm³/mol. The van der Waals surface area contributed by atoms with Gasteiger partial charge in [0.2, 0.25) is 0 Å². The Balaban J connectivity index is 0. The number of carbonyl (C=O) groups is 3. The van der Waals surface area contributed by atoms with Gasteiger partial charge in [-0.05, 0) is 79.6 Å². The molecule has 1 rings (SSSR count). The summed E-state index contributed by atoms with van der Waals surface area (Å²) in [4.78, 5) is 36.0. The minimum atomic E-state index is -6.16. The second-order valence-electron chi connectivity index (χ2n) is 20.5. The molecule has 1 saturated carbocycles. The fourth-order valence-corrected chi connectivity index (χ4v) is 6.86. The molecule has 0 saturated heterocycles. The van der Waals surface area contributed by atoms with Gasteiger partial charge >= 0.3 is 67.3 Å². The van der Waals surface area contributed by atoms with Crippen LogP contribution in [0.1, 0.15) is 133 Å². The van der Waals surface area contributed by atoms with Crippen LogP contribution in [-0.2, 0) is 42.8 Å². The Kier molecular flexibility index (Phi) is 29.9. The highest BCUT2D eigenvalue weighted by molar-refractivity contribution is 5.77. The maximum Gasteiger partial charge on any atom is 0.434 e. The molecule has 0 radical (unpaired) electrons. The second kappa shape index (κ2) is 30.4. The normalized spacial score (nSPS) is 18.0. The lowest BCUT2D eigenvalue weighted by Crippen LogP contribution is -2.58. The Morgan fingerprint density at radius 1 is 0.458 bits per heavy atom. The van der Waals surface area contributed by atoms with Crippen LogP contribution in [-0.4, -0.2) is 157 Å². The molecule has 0 heterocycles. The summed E-state index contributed by atoms with van der Waals surface area (Å²) in [6, 6.07) is 0. The van der Waals surface area contributed by atoms with E-state index in [9.17, 15) is 125 Å². The van der Waals surface area contributed by atoms with Crippen molar-refractivity contribution in [1.29, 1.82) is 0 Å². The average Bonchev–Trinajstić information content (AvgIpc) is 3.32. The van der Waals surface area contributed by atoms with Crippen LogP contribution in [0.25, 0.3) is 0 Å². The lowest BCUT2D eigenvalue weighted by atomic mass is 9.87. The molecule has 36 heteroatoms. The van der Waals surface area contributed by atoms with Crippen molar-refractivity contribution in [2.45, 2.75) is 217 Å². The quantitative estimate of drug-likeness (QED) is 0.0343. The molecule has 496 valence electrons. The molecule has 0 aromatic heterocycles. The maximum atomic E-state index is 12.8. The molecular formula is C47H68F24O12. The highest BCUT2D eigenvalue weighted by Gasteiger charge is 2.72. The molecule has 1 aliphatic carbocycles. The van der Waals surface area contributed by atoms with E-state index in [1.165, 1.54) is 13.8 Å². The molecule has 0 aromatic rings. The average molecular weight is 1280 g/mol. The van der Waals surface area contributed by atoms with Crippen LogP contribution >= 0.6 is 0 Å². The lowest BCUT2D eigenvalue weighted by Gasteiger charge is -2.35. The molecule has 0 aromatic carbocycles. The minimum absolute atomic E-state index is 0.0753. The van der Waals surface area contributed by atoms with Crippen molar-refractivity contribution >= 4 is 17.9 Å². The molecular weight excluding hydrogens is 1210 g/mol. The van der Waals surface area contributed by atoms with Gasteiger partial charge < -0.3 is 43.7 Å². The van der Waals surface area contributed by atoms with Gasteiger partial charge in [0.25, 0.3) is 22.9 Å². The van der Waals surface area contributed by atoms with E-state index in [1.54, 1.807) is 20.8 Å². The molecule has 5 unspecified atom stereocenters. The van der Waals surface area contributed by atoms with Gasteiger partial charge in [0.15, 0.2) is 0 Å². The number of alkyl halides is 24. The van der Waals surface area contributed by atoms with Crippen molar-refractivity contribution in [3.8, 4) is 0 Å². The van der Waals surface area contributed by atoms with Gasteiger partial charge in [0.05, 0.1) is 68.1 Å². The molecule has 3 N–H and O–H groups in total. The fourth-order valence-electron chi connectivity index (χ4n) is 6.86.